The van der Waals surface area contributed by atoms with Crippen molar-refractivity contribution in [3.63, 3.8) is 0 Å². The maximum atomic E-state index is 12.2. The van der Waals surface area contributed by atoms with Gasteiger partial charge in [0.05, 0.1) is 0 Å². The third-order valence-corrected chi connectivity index (χ3v) is 6.29. The van der Waals surface area contributed by atoms with Crippen LogP contribution < -0.4 is 5.32 Å². The lowest BCUT2D eigenvalue weighted by Gasteiger charge is -2.46. The van der Waals surface area contributed by atoms with Gasteiger partial charge in [-0.05, 0) is 44.7 Å². The number of amides is 1. The van der Waals surface area contributed by atoms with Crippen LogP contribution in [0.3, 0.4) is 0 Å². The van der Waals surface area contributed by atoms with Crippen molar-refractivity contribution in [3.8, 4) is 0 Å². The maximum Gasteiger partial charge on any atom is 0.234 e. The Labute approximate surface area is 162 Å². The minimum atomic E-state index is -0.793. The summed E-state index contributed by atoms with van der Waals surface area (Å²) in [5.74, 6) is -0.993. The number of hydrogen-bond donors (Lipinski definition) is 1. The predicted octanol–water partition coefficient (Wildman–Crippen LogP) is 3.29. The van der Waals surface area contributed by atoms with E-state index in [-0.39, 0.29) is 5.91 Å². The quantitative estimate of drug-likeness (QED) is 0.679. The van der Waals surface area contributed by atoms with Gasteiger partial charge in [0.25, 0.3) is 0 Å². The van der Waals surface area contributed by atoms with Crippen LogP contribution in [0.2, 0.25) is 0 Å². The van der Waals surface area contributed by atoms with Crippen LogP contribution in [0, 0.1) is 5.92 Å². The van der Waals surface area contributed by atoms with Crippen LogP contribution in [0.15, 0.2) is 0 Å². The molecule has 2 spiro atoms. The van der Waals surface area contributed by atoms with E-state index in [0.717, 1.165) is 58.2 Å². The molecule has 27 heavy (non-hydrogen) atoms. The molecule has 156 valence electrons. The summed E-state index contributed by atoms with van der Waals surface area (Å²) in [7, 11) is 0. The first-order chi connectivity index (χ1) is 13.1. The summed E-state index contributed by atoms with van der Waals surface area (Å²) in [6.07, 6.45) is 8.71. The number of carbonyl (C=O) groups excluding carboxylic acids is 1. The molecule has 7 heteroatoms. The second-order valence-electron chi connectivity index (χ2n) is 8.24. The van der Waals surface area contributed by atoms with Gasteiger partial charge in [0.2, 0.25) is 17.5 Å². The Morgan fingerprint density at radius 2 is 1.48 bits per heavy atom. The van der Waals surface area contributed by atoms with Gasteiger partial charge >= 0.3 is 0 Å². The normalized spacial score (nSPS) is 25.1. The summed E-state index contributed by atoms with van der Waals surface area (Å²) in [4.78, 5) is 37.3. The highest BCUT2D eigenvalue weighted by Gasteiger charge is 2.50. The summed E-state index contributed by atoms with van der Waals surface area (Å²) >= 11 is 0. The SMILES string of the molecule is CCN(CC)CCNC(=O)CC1CCC2(CC1)OOC1(CCCCC1)OO2. The van der Waals surface area contributed by atoms with Gasteiger partial charge in [-0.25, -0.2) is 0 Å². The van der Waals surface area contributed by atoms with Crippen LogP contribution in [0.1, 0.15) is 78.1 Å². The second kappa shape index (κ2) is 9.65. The highest BCUT2D eigenvalue weighted by molar-refractivity contribution is 5.76. The van der Waals surface area contributed by atoms with Gasteiger partial charge in [0.15, 0.2) is 0 Å². The average molecular weight is 385 g/mol. The highest BCUT2D eigenvalue weighted by Crippen LogP contribution is 2.45. The van der Waals surface area contributed by atoms with Gasteiger partial charge in [-0.1, -0.05) is 20.3 Å². The van der Waals surface area contributed by atoms with E-state index >= 15 is 0 Å². The zero-order chi connectivity index (χ0) is 19.2. The van der Waals surface area contributed by atoms with E-state index in [1.54, 1.807) is 0 Å². The molecule has 2 aliphatic carbocycles. The van der Waals surface area contributed by atoms with Crippen LogP contribution in [0.4, 0.5) is 0 Å². The molecule has 2 saturated carbocycles. The molecule has 0 aromatic heterocycles. The molecule has 1 N–H and O–H groups in total. The molecule has 3 rings (SSSR count). The van der Waals surface area contributed by atoms with Crippen LogP contribution in [-0.2, 0) is 24.3 Å². The van der Waals surface area contributed by atoms with Crippen molar-refractivity contribution in [1.82, 2.24) is 10.2 Å². The molecule has 1 amide bonds. The van der Waals surface area contributed by atoms with Crippen molar-refractivity contribution in [2.45, 2.75) is 89.6 Å². The molecule has 0 radical (unpaired) electrons. The fourth-order valence-electron chi connectivity index (χ4n) is 4.30. The van der Waals surface area contributed by atoms with Crippen molar-refractivity contribution in [2.75, 3.05) is 26.2 Å². The Morgan fingerprint density at radius 1 is 0.926 bits per heavy atom. The zero-order valence-corrected chi connectivity index (χ0v) is 17.0. The molecule has 3 fully saturated rings. The van der Waals surface area contributed by atoms with Gasteiger partial charge in [-0.3, -0.25) is 4.79 Å². The zero-order valence-electron chi connectivity index (χ0n) is 17.0. The number of nitrogens with zero attached hydrogens (tertiary/aromatic N) is 1. The Hall–Kier alpha value is -0.730. The molecule has 0 atom stereocenters. The van der Waals surface area contributed by atoms with Gasteiger partial charge in [-0.15, -0.1) is 0 Å². The molecule has 0 aromatic rings. The van der Waals surface area contributed by atoms with Crippen LogP contribution >= 0.6 is 0 Å². The molecular formula is C20H36N2O5. The fraction of sp³-hybridized carbons (Fsp3) is 0.950. The van der Waals surface area contributed by atoms with Crippen LogP contribution in [0.25, 0.3) is 0 Å². The van der Waals surface area contributed by atoms with Crippen molar-refractivity contribution in [3.05, 3.63) is 0 Å². The first-order valence-corrected chi connectivity index (χ1v) is 10.8. The van der Waals surface area contributed by atoms with Crippen molar-refractivity contribution in [2.24, 2.45) is 5.92 Å². The molecule has 7 nitrogen and oxygen atoms in total. The number of rotatable bonds is 7. The fourth-order valence-corrected chi connectivity index (χ4v) is 4.30. The van der Waals surface area contributed by atoms with Crippen molar-refractivity contribution >= 4 is 5.91 Å². The van der Waals surface area contributed by atoms with Crippen molar-refractivity contribution in [1.29, 1.82) is 0 Å². The van der Waals surface area contributed by atoms with Gasteiger partial charge in [0, 0.05) is 45.2 Å². The Balaban J connectivity index is 1.35. The van der Waals surface area contributed by atoms with Gasteiger partial charge in [-0.2, -0.15) is 19.6 Å². The topological polar surface area (TPSA) is 69.3 Å². The van der Waals surface area contributed by atoms with Crippen molar-refractivity contribution < 1.29 is 24.3 Å². The standard InChI is InChI=1S/C20H36N2O5/c1-3-22(4-2)15-14-21-18(23)16-17-8-12-20(13-9-17)26-24-19(25-27-20)10-6-5-7-11-19/h17H,3-16H2,1-2H3,(H,21,23). The summed E-state index contributed by atoms with van der Waals surface area (Å²) in [5, 5.41) is 3.05. The van der Waals surface area contributed by atoms with E-state index in [9.17, 15) is 4.79 Å². The summed E-state index contributed by atoms with van der Waals surface area (Å²) in [6.45, 7) is 7.94. The Bertz CT molecular complexity index is 457. The van der Waals surface area contributed by atoms with E-state index in [1.165, 1.54) is 6.42 Å². The first kappa shape index (κ1) is 21.0. The third kappa shape index (κ3) is 5.64. The minimum Gasteiger partial charge on any atom is -0.355 e. The predicted molar refractivity (Wildman–Crippen MR) is 100 cm³/mol. The molecule has 1 heterocycles. The number of likely N-dealkylation sites (N-methyl/N-ethyl adjacent to an activating group) is 1. The Morgan fingerprint density at radius 3 is 2.04 bits per heavy atom. The van der Waals surface area contributed by atoms with E-state index in [1.807, 2.05) is 0 Å². The third-order valence-electron chi connectivity index (χ3n) is 6.29. The molecule has 3 aliphatic rings. The van der Waals surface area contributed by atoms with E-state index < -0.39 is 11.6 Å². The lowest BCUT2D eigenvalue weighted by atomic mass is 9.83. The molecular weight excluding hydrogens is 348 g/mol. The summed E-state index contributed by atoms with van der Waals surface area (Å²) < 4.78 is 0. The second-order valence-corrected chi connectivity index (χ2v) is 8.24. The van der Waals surface area contributed by atoms with Gasteiger partial charge < -0.3 is 10.2 Å². The molecule has 0 bridgehead atoms. The Kier molecular flexibility index (Phi) is 7.50. The number of hydrogen-bond acceptors (Lipinski definition) is 6. The lowest BCUT2D eigenvalue weighted by molar-refractivity contribution is -0.663. The molecule has 1 saturated heterocycles. The summed E-state index contributed by atoms with van der Waals surface area (Å²) in [5.41, 5.74) is 0. The summed E-state index contributed by atoms with van der Waals surface area (Å²) in [6, 6.07) is 0. The molecule has 0 unspecified atom stereocenters. The molecule has 1 aliphatic heterocycles. The number of carbonyl (C=O) groups is 1. The maximum absolute atomic E-state index is 12.2. The number of nitrogens with one attached hydrogen (secondary N) is 1. The molecule has 0 aromatic carbocycles. The van der Waals surface area contributed by atoms with E-state index in [0.29, 0.717) is 31.7 Å². The lowest BCUT2D eigenvalue weighted by Crippen LogP contribution is -2.52. The average Bonchev–Trinajstić information content (AvgIpc) is 2.70. The minimum absolute atomic E-state index is 0.141. The smallest absolute Gasteiger partial charge is 0.234 e. The highest BCUT2D eigenvalue weighted by atomic mass is 17.4. The van der Waals surface area contributed by atoms with Crippen LogP contribution in [-0.4, -0.2) is 48.6 Å². The first-order valence-electron chi connectivity index (χ1n) is 10.8. The van der Waals surface area contributed by atoms with Crippen LogP contribution in [0.5, 0.6) is 0 Å². The van der Waals surface area contributed by atoms with E-state index in [4.69, 9.17) is 19.6 Å². The monoisotopic (exact) mass is 384 g/mol. The van der Waals surface area contributed by atoms with E-state index in [2.05, 4.69) is 24.1 Å². The largest absolute Gasteiger partial charge is 0.355 e. The van der Waals surface area contributed by atoms with Gasteiger partial charge in [0.1, 0.15) is 0 Å².